The van der Waals surface area contributed by atoms with E-state index in [4.69, 9.17) is 4.74 Å². The number of anilines is 1. The fraction of sp³-hybridized carbons (Fsp3) is 0.350. The Kier molecular flexibility index (Phi) is 6.42. The Labute approximate surface area is 155 Å². The number of rotatable bonds is 7. The number of carbonyl (C=O) groups is 1. The molecule has 0 atom stereocenters. The molecule has 0 aliphatic carbocycles. The van der Waals surface area contributed by atoms with Gasteiger partial charge in [0, 0.05) is 12.1 Å². The maximum absolute atomic E-state index is 12.4. The summed E-state index contributed by atoms with van der Waals surface area (Å²) >= 11 is 0. The van der Waals surface area contributed by atoms with E-state index in [0.717, 1.165) is 11.1 Å². The number of carbonyl (C=O) groups excluding carboxylic acids is 1. The fourth-order valence-corrected chi connectivity index (χ4v) is 3.75. The number of hydrogen-bond donors (Lipinski definition) is 1. The molecule has 0 aliphatic rings. The Morgan fingerprint density at radius 3 is 2.31 bits per heavy atom. The normalized spacial score (nSPS) is 11.4. The number of hydrogen-bond acceptors (Lipinski definition) is 4. The standard InChI is InChI=1S/C20H25NO4S/c1-14(2)25-17-6-8-18(9-7-17)26(23,24)12-11-20(22)21-19-10-5-15(3)13-16(19)4/h5-10,13-14H,11-12H2,1-4H3,(H,21,22). The van der Waals surface area contributed by atoms with Crippen LogP contribution in [0.1, 0.15) is 31.4 Å². The molecule has 1 N–H and O–H groups in total. The summed E-state index contributed by atoms with van der Waals surface area (Å²) in [5, 5.41) is 2.77. The number of ether oxygens (including phenoxy) is 1. The summed E-state index contributed by atoms with van der Waals surface area (Å²) in [7, 11) is -3.53. The van der Waals surface area contributed by atoms with Gasteiger partial charge in [-0.2, -0.15) is 0 Å². The van der Waals surface area contributed by atoms with Crippen LogP contribution in [0.25, 0.3) is 0 Å². The van der Waals surface area contributed by atoms with Crippen LogP contribution in [-0.4, -0.2) is 26.2 Å². The molecule has 0 radical (unpaired) electrons. The second-order valence-corrected chi connectivity index (χ2v) is 8.68. The highest BCUT2D eigenvalue weighted by Gasteiger charge is 2.17. The highest BCUT2D eigenvalue weighted by Crippen LogP contribution is 2.19. The van der Waals surface area contributed by atoms with E-state index in [0.29, 0.717) is 11.4 Å². The van der Waals surface area contributed by atoms with Gasteiger partial charge in [-0.1, -0.05) is 17.7 Å². The van der Waals surface area contributed by atoms with Crippen molar-refractivity contribution in [2.45, 2.75) is 45.1 Å². The van der Waals surface area contributed by atoms with Gasteiger partial charge in [-0.3, -0.25) is 4.79 Å². The third-order valence-electron chi connectivity index (χ3n) is 3.81. The lowest BCUT2D eigenvalue weighted by Crippen LogP contribution is -2.18. The monoisotopic (exact) mass is 375 g/mol. The van der Waals surface area contributed by atoms with Crippen molar-refractivity contribution in [1.29, 1.82) is 0 Å². The molecule has 0 fully saturated rings. The molecule has 0 saturated carbocycles. The number of benzene rings is 2. The molecular formula is C20H25NO4S. The van der Waals surface area contributed by atoms with Crippen LogP contribution in [0.15, 0.2) is 47.4 Å². The first-order valence-corrected chi connectivity index (χ1v) is 10.2. The Morgan fingerprint density at radius 2 is 1.73 bits per heavy atom. The molecule has 0 bridgehead atoms. The van der Waals surface area contributed by atoms with E-state index in [9.17, 15) is 13.2 Å². The van der Waals surface area contributed by atoms with Crippen LogP contribution in [0.2, 0.25) is 0 Å². The zero-order valence-corrected chi connectivity index (χ0v) is 16.4. The molecule has 6 heteroatoms. The van der Waals surface area contributed by atoms with E-state index < -0.39 is 9.84 Å². The Hall–Kier alpha value is -2.34. The van der Waals surface area contributed by atoms with Gasteiger partial charge in [0.2, 0.25) is 5.91 Å². The van der Waals surface area contributed by atoms with Crippen LogP contribution in [0.4, 0.5) is 5.69 Å². The number of nitrogens with one attached hydrogen (secondary N) is 1. The molecule has 140 valence electrons. The van der Waals surface area contributed by atoms with Crippen LogP contribution < -0.4 is 10.1 Å². The average Bonchev–Trinajstić information content (AvgIpc) is 2.56. The molecule has 1 amide bonds. The lowest BCUT2D eigenvalue weighted by atomic mass is 10.1. The molecule has 2 rings (SSSR count). The third-order valence-corrected chi connectivity index (χ3v) is 5.54. The average molecular weight is 375 g/mol. The Balaban J connectivity index is 1.97. The number of aryl methyl sites for hydroxylation is 2. The van der Waals surface area contributed by atoms with E-state index in [-0.39, 0.29) is 29.1 Å². The molecular weight excluding hydrogens is 350 g/mol. The largest absolute Gasteiger partial charge is 0.491 e. The maximum atomic E-state index is 12.4. The Morgan fingerprint density at radius 1 is 1.08 bits per heavy atom. The molecule has 0 spiro atoms. The minimum atomic E-state index is -3.53. The number of amides is 1. The molecule has 0 unspecified atom stereocenters. The van der Waals surface area contributed by atoms with Gasteiger partial charge in [-0.25, -0.2) is 8.42 Å². The van der Waals surface area contributed by atoms with E-state index >= 15 is 0 Å². The van der Waals surface area contributed by atoms with Crippen LogP contribution >= 0.6 is 0 Å². The highest BCUT2D eigenvalue weighted by atomic mass is 32.2. The van der Waals surface area contributed by atoms with Gasteiger partial charge in [0.25, 0.3) is 0 Å². The first-order valence-electron chi connectivity index (χ1n) is 8.54. The summed E-state index contributed by atoms with van der Waals surface area (Å²) in [6.07, 6.45) is -0.0775. The van der Waals surface area contributed by atoms with E-state index in [1.54, 1.807) is 12.1 Å². The first-order chi connectivity index (χ1) is 12.2. The van der Waals surface area contributed by atoms with Crippen molar-refractivity contribution in [1.82, 2.24) is 0 Å². The quantitative estimate of drug-likeness (QED) is 0.797. The van der Waals surface area contributed by atoms with E-state index in [2.05, 4.69) is 5.32 Å². The predicted octanol–water partition coefficient (Wildman–Crippen LogP) is 3.89. The molecule has 0 aliphatic heterocycles. The van der Waals surface area contributed by atoms with Crippen molar-refractivity contribution in [3.05, 3.63) is 53.6 Å². The van der Waals surface area contributed by atoms with Gasteiger partial charge in [-0.05, 0) is 63.6 Å². The summed E-state index contributed by atoms with van der Waals surface area (Å²) in [5.41, 5.74) is 2.75. The smallest absolute Gasteiger partial charge is 0.225 e. The van der Waals surface area contributed by atoms with Crippen LogP contribution in [0.3, 0.4) is 0 Å². The summed E-state index contributed by atoms with van der Waals surface area (Å²) in [5.74, 6) is 0.0561. The SMILES string of the molecule is Cc1ccc(NC(=O)CCS(=O)(=O)c2ccc(OC(C)C)cc2)c(C)c1. The minimum Gasteiger partial charge on any atom is -0.491 e. The molecule has 0 saturated heterocycles. The Bertz CT molecular complexity index is 871. The number of sulfone groups is 1. The molecule has 0 aromatic heterocycles. The van der Waals surface area contributed by atoms with Gasteiger partial charge in [-0.15, -0.1) is 0 Å². The molecule has 26 heavy (non-hydrogen) atoms. The lowest BCUT2D eigenvalue weighted by molar-refractivity contribution is -0.115. The second-order valence-electron chi connectivity index (χ2n) is 6.57. The first kappa shape index (κ1) is 20.0. The van der Waals surface area contributed by atoms with Crippen LogP contribution in [0, 0.1) is 13.8 Å². The summed E-state index contributed by atoms with van der Waals surface area (Å²) in [6, 6.07) is 12.0. The van der Waals surface area contributed by atoms with Crippen molar-refractivity contribution in [2.75, 3.05) is 11.1 Å². The summed E-state index contributed by atoms with van der Waals surface area (Å²) in [4.78, 5) is 12.3. The van der Waals surface area contributed by atoms with Crippen molar-refractivity contribution in [2.24, 2.45) is 0 Å². The molecule has 5 nitrogen and oxygen atoms in total. The second kappa shape index (κ2) is 8.36. The van der Waals surface area contributed by atoms with E-state index in [1.165, 1.54) is 12.1 Å². The van der Waals surface area contributed by atoms with E-state index in [1.807, 2.05) is 45.9 Å². The highest BCUT2D eigenvalue weighted by molar-refractivity contribution is 7.91. The van der Waals surface area contributed by atoms with Crippen molar-refractivity contribution < 1.29 is 17.9 Å². The van der Waals surface area contributed by atoms with Gasteiger partial charge >= 0.3 is 0 Å². The third kappa shape index (κ3) is 5.59. The lowest BCUT2D eigenvalue weighted by Gasteiger charge is -2.11. The fourth-order valence-electron chi connectivity index (χ4n) is 2.51. The summed E-state index contributed by atoms with van der Waals surface area (Å²) < 4.78 is 30.3. The van der Waals surface area contributed by atoms with Crippen molar-refractivity contribution in [3.8, 4) is 5.75 Å². The minimum absolute atomic E-state index is 0.0198. The van der Waals surface area contributed by atoms with Crippen LogP contribution in [0.5, 0.6) is 5.75 Å². The molecule has 2 aromatic rings. The topological polar surface area (TPSA) is 72.5 Å². The predicted molar refractivity (Wildman–Crippen MR) is 103 cm³/mol. The molecule has 0 heterocycles. The van der Waals surface area contributed by atoms with Crippen LogP contribution in [-0.2, 0) is 14.6 Å². The van der Waals surface area contributed by atoms with Crippen molar-refractivity contribution in [3.63, 3.8) is 0 Å². The zero-order chi connectivity index (χ0) is 19.3. The molecule has 2 aromatic carbocycles. The zero-order valence-electron chi connectivity index (χ0n) is 15.6. The van der Waals surface area contributed by atoms with Gasteiger partial charge in [0.05, 0.1) is 16.8 Å². The van der Waals surface area contributed by atoms with Gasteiger partial charge in [0.15, 0.2) is 9.84 Å². The maximum Gasteiger partial charge on any atom is 0.225 e. The van der Waals surface area contributed by atoms with Crippen molar-refractivity contribution >= 4 is 21.4 Å². The van der Waals surface area contributed by atoms with Gasteiger partial charge < -0.3 is 10.1 Å². The van der Waals surface area contributed by atoms with Gasteiger partial charge in [0.1, 0.15) is 5.75 Å². The summed E-state index contributed by atoms with van der Waals surface area (Å²) in [6.45, 7) is 7.68.